The summed E-state index contributed by atoms with van der Waals surface area (Å²) >= 11 is 0.808. The number of hydrogen-bond acceptors (Lipinski definition) is 7. The molecule has 0 bridgehead atoms. The number of pyridine rings is 1. The summed E-state index contributed by atoms with van der Waals surface area (Å²) < 4.78 is 57.6. The molecular formula is C22H28F2N6O2S2. The molecule has 1 aliphatic heterocycles. The van der Waals surface area contributed by atoms with E-state index in [0.717, 1.165) is 35.4 Å². The molecule has 0 amide bonds. The van der Waals surface area contributed by atoms with E-state index in [1.54, 1.807) is 22.7 Å². The summed E-state index contributed by atoms with van der Waals surface area (Å²) in [6.07, 6.45) is 0.422. The highest BCUT2D eigenvalue weighted by molar-refractivity contribution is 7.89. The third-order valence-corrected chi connectivity index (χ3v) is 9.35. The van der Waals surface area contributed by atoms with Crippen LogP contribution in [0.5, 0.6) is 0 Å². The lowest BCUT2D eigenvalue weighted by atomic mass is 10.0. The molecule has 2 fully saturated rings. The number of halogens is 2. The number of fused-ring (bicyclic) bond motifs is 1. The fourth-order valence-electron chi connectivity index (χ4n) is 4.51. The summed E-state index contributed by atoms with van der Waals surface area (Å²) in [6, 6.07) is 5.89. The SMILES string of the molecule is C[C@@H]1CN(c2cc(S(=O)(=O)NC3(C)CC3)cn3c(-c4nnc(C(F)F)s4)ccc23)[C@H](C)[C@H](C)N1. The van der Waals surface area contributed by atoms with E-state index in [2.05, 4.69) is 45.9 Å². The second-order valence-corrected chi connectivity index (χ2v) is 12.4. The maximum atomic E-state index is 13.4. The van der Waals surface area contributed by atoms with E-state index in [0.29, 0.717) is 17.2 Å². The van der Waals surface area contributed by atoms with Gasteiger partial charge in [0.15, 0.2) is 10.0 Å². The molecule has 2 N–H and O–H groups in total. The second kappa shape index (κ2) is 8.21. The smallest absolute Gasteiger partial charge is 0.291 e. The molecule has 3 aromatic heterocycles. The highest BCUT2D eigenvalue weighted by Gasteiger charge is 2.41. The van der Waals surface area contributed by atoms with Crippen LogP contribution >= 0.6 is 11.3 Å². The fourth-order valence-corrected chi connectivity index (χ4v) is 6.71. The largest absolute Gasteiger partial charge is 0.364 e. The van der Waals surface area contributed by atoms with Gasteiger partial charge in [-0.15, -0.1) is 10.2 Å². The lowest BCUT2D eigenvalue weighted by molar-refractivity contribution is 0.150. The van der Waals surface area contributed by atoms with Crippen molar-refractivity contribution in [1.82, 2.24) is 24.6 Å². The van der Waals surface area contributed by atoms with Crippen molar-refractivity contribution in [1.29, 1.82) is 0 Å². The lowest BCUT2D eigenvalue weighted by Crippen LogP contribution is -2.59. The molecule has 0 radical (unpaired) electrons. The van der Waals surface area contributed by atoms with E-state index < -0.39 is 22.0 Å². The van der Waals surface area contributed by atoms with Crippen molar-refractivity contribution in [3.8, 4) is 10.7 Å². The minimum atomic E-state index is -3.80. The average Bonchev–Trinajstić information content (AvgIpc) is 3.17. The van der Waals surface area contributed by atoms with Crippen molar-refractivity contribution in [2.75, 3.05) is 11.4 Å². The number of sulfonamides is 1. The molecule has 0 unspecified atom stereocenters. The van der Waals surface area contributed by atoms with Crippen LogP contribution in [0, 0.1) is 0 Å². The standard InChI is InChI=1S/C22H28F2N6O2S2/c1-12-10-29(14(3)13(2)25-12)18-9-15(34(31,32)28-22(4)7-8-22)11-30-16(18)5-6-17(30)20-26-27-21(33-20)19(23)24/h5-6,9,11-14,19,25,28H,7-8,10H2,1-4H3/t12-,13+,14-/m1/s1. The first-order valence-electron chi connectivity index (χ1n) is 11.3. The first kappa shape index (κ1) is 23.6. The minimum Gasteiger partial charge on any atom is -0.364 e. The summed E-state index contributed by atoms with van der Waals surface area (Å²) in [6.45, 7) is 8.90. The van der Waals surface area contributed by atoms with Gasteiger partial charge in [0.25, 0.3) is 6.43 Å². The van der Waals surface area contributed by atoms with E-state index in [9.17, 15) is 17.2 Å². The number of nitrogens with zero attached hydrogens (tertiary/aromatic N) is 4. The van der Waals surface area contributed by atoms with Crippen molar-refractivity contribution < 1.29 is 17.2 Å². The first-order chi connectivity index (χ1) is 16.0. The zero-order valence-corrected chi connectivity index (χ0v) is 21.1. The van der Waals surface area contributed by atoms with E-state index in [-0.39, 0.29) is 28.0 Å². The van der Waals surface area contributed by atoms with Crippen LogP contribution in [0.25, 0.3) is 16.2 Å². The van der Waals surface area contributed by atoms with Crippen molar-refractivity contribution in [3.05, 3.63) is 29.4 Å². The number of aromatic nitrogens is 3. The molecule has 2 aliphatic rings. The number of piperazine rings is 1. The first-order valence-corrected chi connectivity index (χ1v) is 13.6. The van der Waals surface area contributed by atoms with Gasteiger partial charge in [-0.05, 0) is 58.7 Å². The summed E-state index contributed by atoms with van der Waals surface area (Å²) in [5.74, 6) is 0. The second-order valence-electron chi connectivity index (χ2n) is 9.70. The maximum absolute atomic E-state index is 13.4. The average molecular weight is 511 g/mol. The van der Waals surface area contributed by atoms with Gasteiger partial charge in [0, 0.05) is 36.4 Å². The maximum Gasteiger partial charge on any atom is 0.291 e. The molecule has 8 nitrogen and oxygen atoms in total. The van der Waals surface area contributed by atoms with Crippen molar-refractivity contribution >= 4 is 32.6 Å². The summed E-state index contributed by atoms with van der Waals surface area (Å²) in [5, 5.41) is 11.0. The van der Waals surface area contributed by atoms with E-state index in [1.165, 1.54) is 0 Å². The molecular weight excluding hydrogens is 482 g/mol. The van der Waals surface area contributed by atoms with Crippen LogP contribution in [-0.4, -0.2) is 53.2 Å². The van der Waals surface area contributed by atoms with Gasteiger partial charge in [0.05, 0.1) is 16.9 Å². The van der Waals surface area contributed by atoms with Crippen LogP contribution in [0.15, 0.2) is 29.3 Å². The quantitative estimate of drug-likeness (QED) is 0.524. The van der Waals surface area contributed by atoms with Crippen LogP contribution in [0.2, 0.25) is 0 Å². The Morgan fingerprint density at radius 3 is 2.62 bits per heavy atom. The van der Waals surface area contributed by atoms with Crippen molar-refractivity contribution in [2.24, 2.45) is 0 Å². The molecule has 3 atom stereocenters. The fraction of sp³-hybridized carbons (Fsp3) is 0.545. The Morgan fingerprint density at radius 1 is 1.24 bits per heavy atom. The Labute approximate surface area is 201 Å². The molecule has 1 saturated carbocycles. The van der Waals surface area contributed by atoms with Gasteiger partial charge in [-0.3, -0.25) is 0 Å². The Bertz CT molecular complexity index is 1330. The van der Waals surface area contributed by atoms with Crippen LogP contribution in [-0.2, 0) is 10.0 Å². The third kappa shape index (κ3) is 4.21. The molecule has 0 spiro atoms. The molecule has 0 aromatic carbocycles. The minimum absolute atomic E-state index is 0.108. The predicted octanol–water partition coefficient (Wildman–Crippen LogP) is 3.80. The molecule has 4 heterocycles. The predicted molar refractivity (Wildman–Crippen MR) is 128 cm³/mol. The van der Waals surface area contributed by atoms with Crippen molar-refractivity contribution in [2.45, 2.75) is 75.5 Å². The molecule has 1 saturated heterocycles. The molecule has 1 aliphatic carbocycles. The Balaban J connectivity index is 1.69. The van der Waals surface area contributed by atoms with Gasteiger partial charge in [0.2, 0.25) is 10.0 Å². The number of alkyl halides is 2. The molecule has 34 heavy (non-hydrogen) atoms. The zero-order chi connectivity index (χ0) is 24.4. The molecule has 12 heteroatoms. The van der Waals surface area contributed by atoms with Gasteiger partial charge in [-0.25, -0.2) is 21.9 Å². The van der Waals surface area contributed by atoms with E-state index in [1.807, 2.05) is 13.0 Å². The number of rotatable bonds is 6. The van der Waals surface area contributed by atoms with Crippen LogP contribution in [0.1, 0.15) is 52.0 Å². The number of hydrogen-bond donors (Lipinski definition) is 2. The molecule has 3 aromatic rings. The highest BCUT2D eigenvalue weighted by atomic mass is 32.2. The molecule has 5 rings (SSSR count). The van der Waals surface area contributed by atoms with Gasteiger partial charge < -0.3 is 14.6 Å². The summed E-state index contributed by atoms with van der Waals surface area (Å²) in [7, 11) is -3.80. The highest BCUT2D eigenvalue weighted by Crippen LogP contribution is 2.38. The van der Waals surface area contributed by atoms with Gasteiger partial charge in [-0.1, -0.05) is 11.3 Å². The lowest BCUT2D eigenvalue weighted by Gasteiger charge is -2.43. The monoisotopic (exact) mass is 510 g/mol. The van der Waals surface area contributed by atoms with Crippen LogP contribution in [0.3, 0.4) is 0 Å². The van der Waals surface area contributed by atoms with Gasteiger partial charge in [-0.2, -0.15) is 0 Å². The van der Waals surface area contributed by atoms with Crippen molar-refractivity contribution in [3.63, 3.8) is 0 Å². The Hall–Kier alpha value is -2.15. The van der Waals surface area contributed by atoms with Crippen LogP contribution < -0.4 is 14.9 Å². The Kier molecular flexibility index (Phi) is 5.70. The van der Waals surface area contributed by atoms with E-state index in [4.69, 9.17) is 0 Å². The number of nitrogens with one attached hydrogen (secondary N) is 2. The van der Waals surface area contributed by atoms with Crippen LogP contribution in [0.4, 0.5) is 14.5 Å². The normalized spacial score (nSPS) is 24.8. The third-order valence-electron chi connectivity index (χ3n) is 6.80. The summed E-state index contributed by atoms with van der Waals surface area (Å²) in [4.78, 5) is 2.35. The molecule has 184 valence electrons. The zero-order valence-electron chi connectivity index (χ0n) is 19.4. The summed E-state index contributed by atoms with van der Waals surface area (Å²) in [5.41, 5.74) is 1.67. The van der Waals surface area contributed by atoms with E-state index >= 15 is 0 Å². The number of anilines is 1. The van der Waals surface area contributed by atoms with Gasteiger partial charge >= 0.3 is 0 Å². The Morgan fingerprint density at radius 2 is 1.97 bits per heavy atom. The van der Waals surface area contributed by atoms with Gasteiger partial charge in [0.1, 0.15) is 4.90 Å². The topological polar surface area (TPSA) is 91.6 Å².